The van der Waals surface area contributed by atoms with Gasteiger partial charge in [0.1, 0.15) is 5.75 Å². The highest BCUT2D eigenvalue weighted by atomic mass is 32.2. The van der Waals surface area contributed by atoms with Gasteiger partial charge in [0.05, 0.1) is 28.5 Å². The quantitative estimate of drug-likeness (QED) is 0.926. The summed E-state index contributed by atoms with van der Waals surface area (Å²) in [4.78, 5) is 11.8. The molecule has 0 aliphatic carbocycles. The summed E-state index contributed by atoms with van der Waals surface area (Å²) < 4.78 is 17.5. The zero-order chi connectivity index (χ0) is 16.3. The van der Waals surface area contributed by atoms with Crippen molar-refractivity contribution in [3.63, 3.8) is 0 Å². The molecular formula is C16H20N2O3S. The van der Waals surface area contributed by atoms with Crippen molar-refractivity contribution in [1.29, 1.82) is 0 Å². The van der Waals surface area contributed by atoms with E-state index in [0.717, 1.165) is 22.4 Å². The molecule has 1 aromatic rings. The molecule has 118 valence electrons. The van der Waals surface area contributed by atoms with Gasteiger partial charge in [-0.25, -0.2) is 5.43 Å². The monoisotopic (exact) mass is 320 g/mol. The predicted octanol–water partition coefficient (Wildman–Crippen LogP) is 2.41. The van der Waals surface area contributed by atoms with E-state index in [1.165, 1.54) is 0 Å². The van der Waals surface area contributed by atoms with Crippen LogP contribution in [0.25, 0.3) is 6.08 Å². The molecule has 1 aliphatic rings. The lowest BCUT2D eigenvalue weighted by atomic mass is 10.0. The molecule has 1 N–H and O–H groups in total. The molecule has 0 spiro atoms. The fourth-order valence-electron chi connectivity index (χ4n) is 2.42. The Labute approximate surface area is 132 Å². The molecule has 1 aliphatic heterocycles. The Kier molecular flexibility index (Phi) is 5.13. The molecule has 0 aromatic heterocycles. The third-order valence-corrected chi connectivity index (χ3v) is 4.56. The molecule has 0 radical (unpaired) electrons. The summed E-state index contributed by atoms with van der Waals surface area (Å²) in [5.74, 6) is 0.588. The zero-order valence-electron chi connectivity index (χ0n) is 13.2. The smallest absolute Gasteiger partial charge is 0.240 e. The lowest BCUT2D eigenvalue weighted by Crippen LogP contribution is -2.25. The largest absolute Gasteiger partial charge is 0.495 e. The van der Waals surface area contributed by atoms with Crippen LogP contribution in [-0.2, 0) is 15.6 Å². The molecule has 5 nitrogen and oxygen atoms in total. The van der Waals surface area contributed by atoms with E-state index >= 15 is 0 Å². The number of hydrogen-bond donors (Lipinski definition) is 1. The molecule has 1 unspecified atom stereocenters. The summed E-state index contributed by atoms with van der Waals surface area (Å²) in [6.07, 6.45) is 4.63. The molecule has 0 fully saturated rings. The van der Waals surface area contributed by atoms with Crippen molar-refractivity contribution >= 4 is 28.5 Å². The molecule has 6 heteroatoms. The Morgan fingerprint density at radius 1 is 1.41 bits per heavy atom. The number of benzene rings is 1. The number of nitrogens with one attached hydrogen (secondary N) is 1. The maximum Gasteiger partial charge on any atom is 0.240 e. The number of hydrogen-bond acceptors (Lipinski definition) is 4. The van der Waals surface area contributed by atoms with E-state index in [2.05, 4.69) is 10.5 Å². The van der Waals surface area contributed by atoms with Gasteiger partial charge in [-0.3, -0.25) is 9.00 Å². The molecule has 1 heterocycles. The van der Waals surface area contributed by atoms with Crippen LogP contribution in [0.4, 0.5) is 0 Å². The number of nitrogens with zero attached hydrogens (tertiary/aromatic N) is 1. The highest BCUT2D eigenvalue weighted by Crippen LogP contribution is 2.31. The van der Waals surface area contributed by atoms with Gasteiger partial charge in [0.15, 0.2) is 0 Å². The molecule has 22 heavy (non-hydrogen) atoms. The van der Waals surface area contributed by atoms with E-state index in [1.807, 2.05) is 32.1 Å². The molecule has 0 bridgehead atoms. The molecule has 1 amide bonds. The van der Waals surface area contributed by atoms with Gasteiger partial charge < -0.3 is 4.74 Å². The van der Waals surface area contributed by atoms with Crippen molar-refractivity contribution in [2.75, 3.05) is 13.4 Å². The van der Waals surface area contributed by atoms with Crippen LogP contribution in [0.15, 0.2) is 27.7 Å². The predicted molar refractivity (Wildman–Crippen MR) is 88.5 cm³/mol. The van der Waals surface area contributed by atoms with Gasteiger partial charge in [0.2, 0.25) is 5.91 Å². The molecular weight excluding hydrogens is 300 g/mol. The van der Waals surface area contributed by atoms with E-state index in [1.54, 1.807) is 13.4 Å². The number of hydrazone groups is 1. The Morgan fingerprint density at radius 2 is 2.14 bits per heavy atom. The second-order valence-corrected chi connectivity index (χ2v) is 6.53. The van der Waals surface area contributed by atoms with Crippen LogP contribution in [0.1, 0.15) is 30.9 Å². The van der Waals surface area contributed by atoms with Gasteiger partial charge in [0, 0.05) is 19.1 Å². The first-order valence-electron chi connectivity index (χ1n) is 6.99. The Bertz CT molecular complexity index is 693. The SMILES string of the molecule is COc1c(C)ccc(C=C(C)C2=NNC(=O)CC2)c1S(C)=O. The standard InChI is InChI=1S/C16H20N2O3S/c1-10-5-6-12(16(22(4)20)15(10)21-3)9-11(2)13-7-8-14(19)18-17-13/h5-6,9H,7-8H2,1-4H3,(H,18,19). The number of carbonyl (C=O) groups is 1. The van der Waals surface area contributed by atoms with Gasteiger partial charge in [-0.2, -0.15) is 5.10 Å². The normalized spacial score (nSPS) is 16.8. The number of aryl methyl sites for hydroxylation is 1. The van der Waals surface area contributed by atoms with Gasteiger partial charge in [0.25, 0.3) is 0 Å². The number of carbonyl (C=O) groups excluding carboxylic acids is 1. The maximum absolute atomic E-state index is 12.1. The zero-order valence-corrected chi connectivity index (χ0v) is 14.0. The molecule has 0 saturated carbocycles. The summed E-state index contributed by atoms with van der Waals surface area (Å²) >= 11 is 0. The molecule has 1 atom stereocenters. The summed E-state index contributed by atoms with van der Waals surface area (Å²) in [6, 6.07) is 3.87. The first kappa shape index (κ1) is 16.4. The fraction of sp³-hybridized carbons (Fsp3) is 0.375. The van der Waals surface area contributed by atoms with Crippen LogP contribution in [0.3, 0.4) is 0 Å². The molecule has 2 rings (SSSR count). The second kappa shape index (κ2) is 6.87. The minimum absolute atomic E-state index is 0.0658. The van der Waals surface area contributed by atoms with E-state index in [-0.39, 0.29) is 5.91 Å². The van der Waals surface area contributed by atoms with E-state index in [9.17, 15) is 9.00 Å². The fourth-order valence-corrected chi connectivity index (χ4v) is 3.38. The van der Waals surface area contributed by atoms with Crippen molar-refractivity contribution in [3.05, 3.63) is 28.8 Å². The van der Waals surface area contributed by atoms with Gasteiger partial charge in [-0.15, -0.1) is 0 Å². The number of rotatable bonds is 4. The minimum Gasteiger partial charge on any atom is -0.495 e. The Balaban J connectivity index is 2.46. The number of allylic oxidation sites excluding steroid dienone is 1. The van der Waals surface area contributed by atoms with E-state index < -0.39 is 10.8 Å². The van der Waals surface area contributed by atoms with Crippen molar-refractivity contribution < 1.29 is 13.7 Å². The van der Waals surface area contributed by atoms with Crippen molar-refractivity contribution in [2.45, 2.75) is 31.6 Å². The van der Waals surface area contributed by atoms with Crippen LogP contribution in [0.2, 0.25) is 0 Å². The first-order chi connectivity index (χ1) is 10.4. The summed E-state index contributed by atoms with van der Waals surface area (Å²) in [5, 5.41) is 4.08. The average Bonchev–Trinajstić information content (AvgIpc) is 2.48. The van der Waals surface area contributed by atoms with Crippen molar-refractivity contribution in [3.8, 4) is 5.75 Å². The maximum atomic E-state index is 12.1. The minimum atomic E-state index is -1.17. The lowest BCUT2D eigenvalue weighted by Gasteiger charge is -2.15. The third-order valence-electron chi connectivity index (χ3n) is 3.56. The first-order valence-corrected chi connectivity index (χ1v) is 8.55. The second-order valence-electron chi connectivity index (χ2n) is 5.21. The number of ether oxygens (including phenoxy) is 1. The number of amides is 1. The van der Waals surface area contributed by atoms with Crippen LogP contribution < -0.4 is 10.2 Å². The van der Waals surface area contributed by atoms with Crippen LogP contribution in [-0.4, -0.2) is 29.2 Å². The highest BCUT2D eigenvalue weighted by Gasteiger charge is 2.16. The lowest BCUT2D eigenvalue weighted by molar-refractivity contribution is -0.121. The Hall–Kier alpha value is -1.95. The van der Waals surface area contributed by atoms with E-state index in [0.29, 0.717) is 23.5 Å². The summed E-state index contributed by atoms with van der Waals surface area (Å²) in [7, 11) is 0.415. The van der Waals surface area contributed by atoms with Gasteiger partial charge in [-0.05, 0) is 36.6 Å². The summed E-state index contributed by atoms with van der Waals surface area (Å²) in [6.45, 7) is 3.86. The number of methoxy groups -OCH3 is 1. The highest BCUT2D eigenvalue weighted by molar-refractivity contribution is 7.84. The van der Waals surface area contributed by atoms with Crippen LogP contribution in [0.5, 0.6) is 5.75 Å². The van der Waals surface area contributed by atoms with Crippen molar-refractivity contribution in [1.82, 2.24) is 5.43 Å². The summed E-state index contributed by atoms with van der Waals surface area (Å²) in [5.41, 5.74) is 6.07. The average molecular weight is 320 g/mol. The molecule has 1 aromatic carbocycles. The van der Waals surface area contributed by atoms with Crippen LogP contribution >= 0.6 is 0 Å². The van der Waals surface area contributed by atoms with Gasteiger partial charge in [-0.1, -0.05) is 12.1 Å². The van der Waals surface area contributed by atoms with Gasteiger partial charge >= 0.3 is 0 Å². The molecule has 0 saturated heterocycles. The topological polar surface area (TPSA) is 67.8 Å². The van der Waals surface area contributed by atoms with Crippen LogP contribution in [0, 0.1) is 6.92 Å². The third kappa shape index (κ3) is 3.44. The Morgan fingerprint density at radius 3 is 2.68 bits per heavy atom. The van der Waals surface area contributed by atoms with Crippen molar-refractivity contribution in [2.24, 2.45) is 5.10 Å². The van der Waals surface area contributed by atoms with E-state index in [4.69, 9.17) is 4.74 Å².